The van der Waals surface area contributed by atoms with Crippen LogP contribution >= 0.6 is 0 Å². The molecule has 0 bridgehead atoms. The Labute approximate surface area is 131 Å². The van der Waals surface area contributed by atoms with E-state index >= 15 is 0 Å². The van der Waals surface area contributed by atoms with Gasteiger partial charge in [0.15, 0.2) is 6.10 Å². The quantitative estimate of drug-likeness (QED) is 0.821. The number of carbonyl (C=O) groups is 1. The largest absolute Gasteiger partial charge is 0.390 e. The minimum Gasteiger partial charge on any atom is -0.390 e. The Kier molecular flexibility index (Phi) is 5.58. The number of oxime groups is 1. The molecule has 0 aromatic heterocycles. The van der Waals surface area contributed by atoms with E-state index in [1.807, 2.05) is 44.2 Å². The van der Waals surface area contributed by atoms with Gasteiger partial charge in [-0.25, -0.2) is 4.79 Å². The lowest BCUT2D eigenvalue weighted by molar-refractivity contribution is 0.0626. The summed E-state index contributed by atoms with van der Waals surface area (Å²) in [7, 11) is 0. The number of benzene rings is 1. The van der Waals surface area contributed by atoms with Crippen molar-refractivity contribution in [1.29, 1.82) is 0 Å². The van der Waals surface area contributed by atoms with Gasteiger partial charge in [0.05, 0.1) is 12.3 Å². The molecule has 22 heavy (non-hydrogen) atoms. The second kappa shape index (κ2) is 7.64. The molecular weight excluding hydrogens is 278 g/mol. The van der Waals surface area contributed by atoms with Crippen molar-refractivity contribution >= 4 is 11.7 Å². The topological polar surface area (TPSA) is 53.9 Å². The lowest BCUT2D eigenvalue weighted by atomic mass is 10.1. The van der Waals surface area contributed by atoms with E-state index in [2.05, 4.69) is 17.1 Å². The SMILES string of the molecule is C=CCN(CC1CC(c2ccccc2)=NO1)C(=O)NC(C)C. The summed E-state index contributed by atoms with van der Waals surface area (Å²) in [6.07, 6.45) is 2.30. The second-order valence-electron chi connectivity index (χ2n) is 5.63. The molecule has 0 aliphatic carbocycles. The van der Waals surface area contributed by atoms with E-state index < -0.39 is 0 Å². The van der Waals surface area contributed by atoms with Crippen molar-refractivity contribution in [3.05, 3.63) is 48.6 Å². The van der Waals surface area contributed by atoms with Crippen molar-refractivity contribution in [1.82, 2.24) is 10.2 Å². The van der Waals surface area contributed by atoms with Gasteiger partial charge in [-0.2, -0.15) is 0 Å². The van der Waals surface area contributed by atoms with Gasteiger partial charge in [0.2, 0.25) is 0 Å². The van der Waals surface area contributed by atoms with Crippen LogP contribution < -0.4 is 5.32 Å². The maximum atomic E-state index is 12.2. The standard InChI is InChI=1S/C17H23N3O2/c1-4-10-20(17(21)18-13(2)3)12-15-11-16(19-22-15)14-8-6-5-7-9-14/h4-9,13,15H,1,10-12H2,2-3H3,(H,18,21). The molecule has 2 amide bonds. The average molecular weight is 301 g/mol. The zero-order valence-electron chi connectivity index (χ0n) is 13.2. The van der Waals surface area contributed by atoms with Crippen LogP contribution in [0.4, 0.5) is 4.79 Å². The highest BCUT2D eigenvalue weighted by Gasteiger charge is 2.26. The molecular formula is C17H23N3O2. The minimum atomic E-state index is -0.118. The lowest BCUT2D eigenvalue weighted by Crippen LogP contribution is -2.46. The van der Waals surface area contributed by atoms with E-state index in [-0.39, 0.29) is 18.2 Å². The number of rotatable bonds is 6. The molecule has 2 rings (SSSR count). The summed E-state index contributed by atoms with van der Waals surface area (Å²) in [6.45, 7) is 8.56. The molecule has 1 aromatic rings. The van der Waals surface area contributed by atoms with Crippen LogP contribution in [0.25, 0.3) is 0 Å². The number of hydrogen-bond donors (Lipinski definition) is 1. The first kappa shape index (κ1) is 16.1. The highest BCUT2D eigenvalue weighted by molar-refractivity contribution is 6.01. The maximum Gasteiger partial charge on any atom is 0.318 e. The van der Waals surface area contributed by atoms with Crippen molar-refractivity contribution < 1.29 is 9.63 Å². The molecule has 1 aliphatic heterocycles. The highest BCUT2D eigenvalue weighted by Crippen LogP contribution is 2.17. The molecule has 1 aliphatic rings. The third kappa shape index (κ3) is 4.35. The molecule has 0 fully saturated rings. The molecule has 1 aromatic carbocycles. The minimum absolute atomic E-state index is 0.0976. The van der Waals surface area contributed by atoms with Crippen LogP contribution in [0.2, 0.25) is 0 Å². The van der Waals surface area contributed by atoms with E-state index in [9.17, 15) is 4.79 Å². The van der Waals surface area contributed by atoms with Crippen molar-refractivity contribution in [2.24, 2.45) is 5.16 Å². The number of hydrogen-bond acceptors (Lipinski definition) is 3. The Hall–Kier alpha value is -2.30. The van der Waals surface area contributed by atoms with Crippen LogP contribution in [0.15, 0.2) is 48.1 Å². The Morgan fingerprint density at radius 2 is 2.23 bits per heavy atom. The summed E-state index contributed by atoms with van der Waals surface area (Å²) < 4.78 is 0. The van der Waals surface area contributed by atoms with E-state index in [0.717, 1.165) is 11.3 Å². The summed E-state index contributed by atoms with van der Waals surface area (Å²) in [5, 5.41) is 7.04. The molecule has 5 nitrogen and oxygen atoms in total. The van der Waals surface area contributed by atoms with Gasteiger partial charge < -0.3 is 15.1 Å². The zero-order valence-corrected chi connectivity index (χ0v) is 13.2. The molecule has 1 N–H and O–H groups in total. The van der Waals surface area contributed by atoms with Gasteiger partial charge in [-0.3, -0.25) is 0 Å². The predicted octanol–water partition coefficient (Wildman–Crippen LogP) is 2.79. The second-order valence-corrected chi connectivity index (χ2v) is 5.63. The molecule has 0 saturated carbocycles. The molecule has 0 saturated heterocycles. The van der Waals surface area contributed by atoms with Crippen molar-refractivity contribution in [2.75, 3.05) is 13.1 Å². The van der Waals surface area contributed by atoms with E-state index in [0.29, 0.717) is 19.5 Å². The first-order valence-electron chi connectivity index (χ1n) is 7.54. The normalized spacial score (nSPS) is 16.9. The van der Waals surface area contributed by atoms with Gasteiger partial charge in [-0.05, 0) is 19.4 Å². The number of nitrogens with one attached hydrogen (secondary N) is 1. The van der Waals surface area contributed by atoms with E-state index in [1.165, 1.54) is 0 Å². The van der Waals surface area contributed by atoms with Gasteiger partial charge in [0.25, 0.3) is 0 Å². The maximum absolute atomic E-state index is 12.2. The highest BCUT2D eigenvalue weighted by atomic mass is 16.6. The molecule has 1 unspecified atom stereocenters. The smallest absolute Gasteiger partial charge is 0.318 e. The van der Waals surface area contributed by atoms with E-state index in [1.54, 1.807) is 11.0 Å². The Morgan fingerprint density at radius 1 is 1.50 bits per heavy atom. The first-order valence-corrected chi connectivity index (χ1v) is 7.54. The van der Waals surface area contributed by atoms with Gasteiger partial charge in [0.1, 0.15) is 0 Å². The average Bonchev–Trinajstić information content (AvgIpc) is 2.95. The van der Waals surface area contributed by atoms with Crippen LogP contribution in [0.5, 0.6) is 0 Å². The van der Waals surface area contributed by atoms with Crippen LogP contribution in [0.3, 0.4) is 0 Å². The number of urea groups is 1. The molecule has 5 heteroatoms. The summed E-state index contributed by atoms with van der Waals surface area (Å²) >= 11 is 0. The molecule has 118 valence electrons. The zero-order chi connectivity index (χ0) is 15.9. The fourth-order valence-electron chi connectivity index (χ4n) is 2.31. The Morgan fingerprint density at radius 3 is 2.86 bits per heavy atom. The number of nitrogens with zero attached hydrogens (tertiary/aromatic N) is 2. The third-order valence-electron chi connectivity index (χ3n) is 3.31. The Balaban J connectivity index is 1.93. The molecule has 0 radical (unpaired) electrons. The van der Waals surface area contributed by atoms with Crippen LogP contribution in [-0.4, -0.2) is 41.9 Å². The molecule has 1 atom stereocenters. The van der Waals surface area contributed by atoms with Gasteiger partial charge in [-0.15, -0.1) is 6.58 Å². The number of carbonyl (C=O) groups excluding carboxylic acids is 1. The summed E-state index contributed by atoms with van der Waals surface area (Å²) in [5.74, 6) is 0. The third-order valence-corrected chi connectivity index (χ3v) is 3.31. The van der Waals surface area contributed by atoms with Gasteiger partial charge >= 0.3 is 6.03 Å². The van der Waals surface area contributed by atoms with Crippen LogP contribution in [0, 0.1) is 0 Å². The van der Waals surface area contributed by atoms with Crippen molar-refractivity contribution in [3.8, 4) is 0 Å². The fourth-order valence-corrected chi connectivity index (χ4v) is 2.31. The molecule has 0 spiro atoms. The molecule has 1 heterocycles. The van der Waals surface area contributed by atoms with Crippen LogP contribution in [0.1, 0.15) is 25.8 Å². The summed E-state index contributed by atoms with van der Waals surface area (Å²) in [6, 6.07) is 9.94. The van der Waals surface area contributed by atoms with Crippen molar-refractivity contribution in [2.45, 2.75) is 32.4 Å². The van der Waals surface area contributed by atoms with Gasteiger partial charge in [0, 0.05) is 19.0 Å². The van der Waals surface area contributed by atoms with Crippen LogP contribution in [-0.2, 0) is 4.84 Å². The monoisotopic (exact) mass is 301 g/mol. The fraction of sp³-hybridized carbons (Fsp3) is 0.412. The predicted molar refractivity (Wildman–Crippen MR) is 87.9 cm³/mol. The lowest BCUT2D eigenvalue weighted by Gasteiger charge is -2.24. The summed E-state index contributed by atoms with van der Waals surface area (Å²) in [5.41, 5.74) is 1.99. The van der Waals surface area contributed by atoms with E-state index in [4.69, 9.17) is 4.84 Å². The first-order chi connectivity index (χ1) is 10.6. The Bertz CT molecular complexity index is 540. The number of amides is 2. The van der Waals surface area contributed by atoms with Gasteiger partial charge in [-0.1, -0.05) is 41.6 Å². The van der Waals surface area contributed by atoms with Crippen molar-refractivity contribution in [3.63, 3.8) is 0 Å². The summed E-state index contributed by atoms with van der Waals surface area (Å²) in [4.78, 5) is 19.3.